The van der Waals surface area contributed by atoms with Gasteiger partial charge in [0.15, 0.2) is 11.5 Å². The van der Waals surface area contributed by atoms with Gasteiger partial charge in [0, 0.05) is 47.0 Å². The van der Waals surface area contributed by atoms with Crippen molar-refractivity contribution in [3.05, 3.63) is 57.3 Å². The number of aryl methyl sites for hydroxylation is 1. The molecule has 0 unspecified atom stereocenters. The second-order valence-corrected chi connectivity index (χ2v) is 11.5. The number of pyridine rings is 1. The lowest BCUT2D eigenvalue weighted by Gasteiger charge is -2.25. The van der Waals surface area contributed by atoms with Crippen LogP contribution >= 0.6 is 11.3 Å². The molecule has 3 aromatic rings. The highest BCUT2D eigenvalue weighted by Crippen LogP contribution is 2.38. The maximum absolute atomic E-state index is 13.0. The fourth-order valence-electron chi connectivity index (χ4n) is 4.63. The fraction of sp³-hybridized carbons (Fsp3) is 0.448. The van der Waals surface area contributed by atoms with Crippen molar-refractivity contribution >= 4 is 27.4 Å². The Bertz CT molecular complexity index is 1380. The Labute approximate surface area is 222 Å². The smallest absolute Gasteiger partial charge is 0.334 e. The first-order valence-corrected chi connectivity index (χ1v) is 13.4. The first kappa shape index (κ1) is 26.9. The summed E-state index contributed by atoms with van der Waals surface area (Å²) in [6, 6.07) is 7.86. The highest BCUT2D eigenvalue weighted by atomic mass is 32.1. The van der Waals surface area contributed by atoms with Gasteiger partial charge in [-0.1, -0.05) is 12.1 Å². The number of esters is 1. The van der Waals surface area contributed by atoms with E-state index in [9.17, 15) is 9.59 Å². The van der Waals surface area contributed by atoms with E-state index < -0.39 is 5.60 Å². The van der Waals surface area contributed by atoms with Gasteiger partial charge >= 0.3 is 5.97 Å². The molecule has 1 aromatic carbocycles. The minimum Gasteiger partial charge on any atom is -0.493 e. The number of fused-ring (bicyclic) bond motifs is 1. The van der Waals surface area contributed by atoms with Crippen LogP contribution in [0, 0.1) is 0 Å². The maximum atomic E-state index is 13.0. The van der Waals surface area contributed by atoms with Gasteiger partial charge in [0.25, 0.3) is 5.56 Å². The van der Waals surface area contributed by atoms with Crippen LogP contribution < -0.4 is 15.0 Å². The molecular formula is C29H36N2O5S. The second kappa shape index (κ2) is 11.1. The summed E-state index contributed by atoms with van der Waals surface area (Å²) in [4.78, 5) is 29.0. The van der Waals surface area contributed by atoms with Crippen LogP contribution in [-0.2, 0) is 23.1 Å². The average molecular weight is 525 g/mol. The summed E-state index contributed by atoms with van der Waals surface area (Å²) in [6.07, 6.45) is 6.30. The number of aromatic nitrogens is 1. The second-order valence-electron chi connectivity index (χ2n) is 10.4. The molecule has 8 heteroatoms. The maximum Gasteiger partial charge on any atom is 0.334 e. The number of ether oxygens (including phenoxy) is 3. The first-order valence-electron chi connectivity index (χ1n) is 12.6. The highest BCUT2D eigenvalue weighted by molar-refractivity contribution is 7.19. The van der Waals surface area contributed by atoms with Crippen molar-refractivity contribution in [3.8, 4) is 22.6 Å². The number of hydrogen-bond acceptors (Lipinski definition) is 7. The Kier molecular flexibility index (Phi) is 8.09. The fourth-order valence-corrected chi connectivity index (χ4v) is 5.85. The number of rotatable bonds is 6. The van der Waals surface area contributed by atoms with Crippen LogP contribution in [0.25, 0.3) is 21.2 Å². The van der Waals surface area contributed by atoms with E-state index >= 15 is 0 Å². The van der Waals surface area contributed by atoms with Crippen LogP contribution in [0.4, 0.5) is 0 Å². The van der Waals surface area contributed by atoms with Crippen LogP contribution in [0.3, 0.4) is 0 Å². The summed E-state index contributed by atoms with van der Waals surface area (Å²) in [6.45, 7) is 8.18. The molecule has 0 bridgehead atoms. The SMILES string of the molecule is COc1ccc(-c2cn(C)c(=O)c3cc(CN4CC/C=C(\C(=O)OC(C)(C)C)CCC4)sc23)cc1OC. The number of carbonyl (C=O) groups excluding carboxylic acids is 1. The lowest BCUT2D eigenvalue weighted by atomic mass is 10.1. The third-order valence-corrected chi connectivity index (χ3v) is 7.55. The molecule has 37 heavy (non-hydrogen) atoms. The third-order valence-electron chi connectivity index (χ3n) is 6.39. The number of carbonyl (C=O) groups is 1. The van der Waals surface area contributed by atoms with Crippen molar-refractivity contribution in [2.75, 3.05) is 27.3 Å². The standard InChI is InChI=1S/C29H36N2O5S/c1-29(2,3)36-28(33)19-9-7-13-31(14-8-10-19)17-21-16-22-26(37-21)23(18-30(4)27(22)32)20-11-12-24(34-5)25(15-20)35-6/h9,11-12,15-16,18H,7-8,10,13-14,17H2,1-6H3/b19-9-. The zero-order valence-corrected chi connectivity index (χ0v) is 23.4. The van der Waals surface area contributed by atoms with Gasteiger partial charge in [0.2, 0.25) is 0 Å². The molecule has 0 aliphatic carbocycles. The molecule has 0 saturated carbocycles. The first-order chi connectivity index (χ1) is 17.6. The van der Waals surface area contributed by atoms with Crippen molar-refractivity contribution < 1.29 is 19.0 Å². The van der Waals surface area contributed by atoms with Gasteiger partial charge in [0.1, 0.15) is 5.60 Å². The molecule has 0 amide bonds. The van der Waals surface area contributed by atoms with E-state index in [1.165, 1.54) is 0 Å². The zero-order valence-electron chi connectivity index (χ0n) is 22.6. The molecule has 7 nitrogen and oxygen atoms in total. The molecule has 1 aliphatic rings. The van der Waals surface area contributed by atoms with E-state index in [4.69, 9.17) is 14.2 Å². The van der Waals surface area contributed by atoms with E-state index in [2.05, 4.69) is 4.90 Å². The number of methoxy groups -OCH3 is 2. The summed E-state index contributed by atoms with van der Waals surface area (Å²) in [5.41, 5.74) is 2.25. The highest BCUT2D eigenvalue weighted by Gasteiger charge is 2.22. The predicted octanol–water partition coefficient (Wildman–Crippen LogP) is 5.54. The quantitative estimate of drug-likeness (QED) is 0.395. The van der Waals surface area contributed by atoms with E-state index in [1.807, 2.05) is 57.3 Å². The van der Waals surface area contributed by atoms with Crippen LogP contribution in [0.15, 0.2) is 46.9 Å². The van der Waals surface area contributed by atoms with Gasteiger partial charge < -0.3 is 18.8 Å². The molecule has 198 valence electrons. The van der Waals surface area contributed by atoms with Gasteiger partial charge in [-0.05, 0) is 70.3 Å². The third kappa shape index (κ3) is 6.25. The lowest BCUT2D eigenvalue weighted by Crippen LogP contribution is -2.28. The van der Waals surface area contributed by atoms with Gasteiger partial charge in [-0.3, -0.25) is 9.69 Å². The molecule has 0 radical (unpaired) electrons. The Hall–Kier alpha value is -3.10. The summed E-state index contributed by atoms with van der Waals surface area (Å²) in [5.74, 6) is 1.11. The van der Waals surface area contributed by atoms with Gasteiger partial charge in [-0.25, -0.2) is 4.79 Å². The van der Waals surface area contributed by atoms with Crippen LogP contribution in [0.1, 0.15) is 44.9 Å². The van der Waals surface area contributed by atoms with Crippen LogP contribution in [0.2, 0.25) is 0 Å². The van der Waals surface area contributed by atoms with E-state index in [0.29, 0.717) is 17.9 Å². The van der Waals surface area contributed by atoms with Crippen LogP contribution in [-0.4, -0.2) is 48.3 Å². The van der Waals surface area contributed by atoms with E-state index in [1.54, 1.807) is 37.2 Å². The summed E-state index contributed by atoms with van der Waals surface area (Å²) < 4.78 is 19.1. The zero-order chi connectivity index (χ0) is 26.7. The number of hydrogen-bond donors (Lipinski definition) is 0. The van der Waals surface area contributed by atoms with Crippen molar-refractivity contribution in [1.29, 1.82) is 0 Å². The number of thiophene rings is 1. The molecule has 0 fully saturated rings. The molecule has 1 aliphatic heterocycles. The topological polar surface area (TPSA) is 70.0 Å². The summed E-state index contributed by atoms with van der Waals surface area (Å²) in [5, 5.41) is 0.730. The number of nitrogens with zero attached hydrogens (tertiary/aromatic N) is 2. The molecule has 0 saturated heterocycles. The van der Waals surface area contributed by atoms with Gasteiger partial charge in [0.05, 0.1) is 19.6 Å². The van der Waals surface area contributed by atoms with Gasteiger partial charge in [-0.15, -0.1) is 11.3 Å². The van der Waals surface area contributed by atoms with Crippen molar-refractivity contribution in [2.24, 2.45) is 7.05 Å². The Morgan fingerprint density at radius 2 is 1.84 bits per heavy atom. The Balaban J connectivity index is 1.57. The summed E-state index contributed by atoms with van der Waals surface area (Å²) >= 11 is 1.67. The number of benzene rings is 1. The predicted molar refractivity (Wildman–Crippen MR) is 149 cm³/mol. The van der Waals surface area contributed by atoms with E-state index in [-0.39, 0.29) is 11.5 Å². The molecule has 3 heterocycles. The van der Waals surface area contributed by atoms with Crippen molar-refractivity contribution in [2.45, 2.75) is 52.2 Å². The van der Waals surface area contributed by atoms with Crippen LogP contribution in [0.5, 0.6) is 11.5 Å². The molecule has 2 aromatic heterocycles. The average Bonchev–Trinajstić information content (AvgIpc) is 3.25. The minimum atomic E-state index is -0.486. The largest absolute Gasteiger partial charge is 0.493 e. The van der Waals surface area contributed by atoms with E-state index in [0.717, 1.165) is 64.1 Å². The molecule has 0 atom stereocenters. The monoisotopic (exact) mass is 524 g/mol. The van der Waals surface area contributed by atoms with Crippen molar-refractivity contribution in [3.63, 3.8) is 0 Å². The molecule has 0 N–H and O–H groups in total. The molecule has 4 rings (SSSR count). The normalized spacial score (nSPS) is 16.5. The Morgan fingerprint density at radius 1 is 1.08 bits per heavy atom. The molecular weight excluding hydrogens is 488 g/mol. The summed E-state index contributed by atoms with van der Waals surface area (Å²) in [7, 11) is 5.03. The van der Waals surface area contributed by atoms with Gasteiger partial charge in [-0.2, -0.15) is 0 Å². The lowest BCUT2D eigenvalue weighted by molar-refractivity contribution is -0.150. The minimum absolute atomic E-state index is 0.000621. The van der Waals surface area contributed by atoms with Crippen molar-refractivity contribution in [1.82, 2.24) is 9.47 Å². The Morgan fingerprint density at radius 3 is 2.54 bits per heavy atom. The molecule has 0 spiro atoms.